The number of ether oxygens (including phenoxy) is 2. The third kappa shape index (κ3) is 4.42. The van der Waals surface area contributed by atoms with Gasteiger partial charge in [0.15, 0.2) is 10.1 Å². The lowest BCUT2D eigenvalue weighted by atomic mass is 10.1. The molecule has 1 aliphatic rings. The van der Waals surface area contributed by atoms with E-state index in [1.54, 1.807) is 37.4 Å². The van der Waals surface area contributed by atoms with Crippen LogP contribution in [-0.2, 0) is 9.53 Å². The van der Waals surface area contributed by atoms with Gasteiger partial charge in [-0.15, -0.1) is 11.3 Å². The Balaban J connectivity index is 1.52. The maximum atomic E-state index is 12.7. The van der Waals surface area contributed by atoms with Gasteiger partial charge in [0.2, 0.25) is 11.7 Å². The van der Waals surface area contributed by atoms with E-state index in [9.17, 15) is 14.4 Å². The number of benzene rings is 1. The van der Waals surface area contributed by atoms with E-state index in [2.05, 4.69) is 20.6 Å². The van der Waals surface area contributed by atoms with Crippen LogP contribution >= 0.6 is 22.7 Å². The fourth-order valence-corrected chi connectivity index (χ4v) is 4.67. The highest BCUT2D eigenvalue weighted by Crippen LogP contribution is 2.35. The van der Waals surface area contributed by atoms with Crippen molar-refractivity contribution in [3.05, 3.63) is 39.8 Å². The van der Waals surface area contributed by atoms with E-state index < -0.39 is 17.7 Å². The minimum atomic E-state index is -1.08. The van der Waals surface area contributed by atoms with Crippen molar-refractivity contribution in [3.63, 3.8) is 0 Å². The first-order valence-electron chi connectivity index (χ1n) is 9.20. The summed E-state index contributed by atoms with van der Waals surface area (Å²) in [4.78, 5) is 45.5. The molecule has 0 spiro atoms. The molecule has 160 valence electrons. The Morgan fingerprint density at radius 3 is 2.65 bits per heavy atom. The Labute approximate surface area is 185 Å². The van der Waals surface area contributed by atoms with Gasteiger partial charge in [0.1, 0.15) is 11.3 Å². The molecule has 0 unspecified atom stereocenters. The number of nitrogens with zero attached hydrogens (tertiary/aromatic N) is 2. The van der Waals surface area contributed by atoms with E-state index in [4.69, 9.17) is 9.47 Å². The lowest BCUT2D eigenvalue weighted by molar-refractivity contribution is -0.127. The highest BCUT2D eigenvalue weighted by atomic mass is 32.1. The predicted molar refractivity (Wildman–Crippen MR) is 117 cm³/mol. The topological polar surface area (TPSA) is 120 Å². The van der Waals surface area contributed by atoms with E-state index in [1.807, 2.05) is 6.92 Å². The monoisotopic (exact) mass is 458 g/mol. The third-order valence-electron chi connectivity index (χ3n) is 4.16. The molecule has 2 aromatic heterocycles. The Bertz CT molecular complexity index is 1210. The van der Waals surface area contributed by atoms with Gasteiger partial charge in [-0.05, 0) is 19.1 Å². The summed E-state index contributed by atoms with van der Waals surface area (Å²) in [7, 11) is 0. The largest absolute Gasteiger partial charge is 0.452 e. The number of hydrogen-bond acceptors (Lipinski definition) is 9. The van der Waals surface area contributed by atoms with Gasteiger partial charge < -0.3 is 20.1 Å². The molecule has 9 nitrogen and oxygen atoms in total. The van der Waals surface area contributed by atoms with E-state index in [0.717, 1.165) is 4.88 Å². The summed E-state index contributed by atoms with van der Waals surface area (Å²) in [5.74, 6) is -1.82. The lowest BCUT2D eigenvalue weighted by Gasteiger charge is -2.31. The standard InChI is InChI=1S/C20H18N4O5S2/c1-9-15(31-19(21-9)22-10(2)25)13-8-30-17(24-13)16(26)23-11-5-6-12-14(7-11)28-20(3,4)29-18(12)27/h5-8H,1-4H3,(H,23,26)(H,21,22,25). The Hall–Kier alpha value is -3.31. The van der Waals surface area contributed by atoms with Crippen LogP contribution in [0.15, 0.2) is 23.6 Å². The number of fused-ring (bicyclic) bond motifs is 1. The molecule has 2 amide bonds. The number of anilines is 2. The average molecular weight is 459 g/mol. The number of rotatable bonds is 4. The van der Waals surface area contributed by atoms with Crippen molar-refractivity contribution in [2.24, 2.45) is 0 Å². The second kappa shape index (κ2) is 7.75. The number of nitrogens with one attached hydrogen (secondary N) is 2. The van der Waals surface area contributed by atoms with Crippen LogP contribution in [0.5, 0.6) is 5.75 Å². The van der Waals surface area contributed by atoms with Crippen molar-refractivity contribution >= 4 is 51.3 Å². The van der Waals surface area contributed by atoms with Crippen molar-refractivity contribution in [1.29, 1.82) is 0 Å². The van der Waals surface area contributed by atoms with Crippen LogP contribution in [0.2, 0.25) is 0 Å². The van der Waals surface area contributed by atoms with Crippen LogP contribution in [-0.4, -0.2) is 33.5 Å². The molecule has 1 aromatic carbocycles. The molecule has 0 saturated heterocycles. The highest BCUT2D eigenvalue weighted by Gasteiger charge is 2.34. The number of aryl methyl sites for hydroxylation is 1. The van der Waals surface area contributed by atoms with Crippen LogP contribution < -0.4 is 15.4 Å². The molecule has 0 fully saturated rings. The summed E-state index contributed by atoms with van der Waals surface area (Å²) in [6.07, 6.45) is 0. The van der Waals surface area contributed by atoms with E-state index >= 15 is 0 Å². The van der Waals surface area contributed by atoms with Crippen molar-refractivity contribution < 1.29 is 23.9 Å². The molecule has 0 saturated carbocycles. The van der Waals surface area contributed by atoms with Crippen LogP contribution in [0.1, 0.15) is 46.6 Å². The smallest absolute Gasteiger partial charge is 0.345 e. The summed E-state index contributed by atoms with van der Waals surface area (Å²) in [6, 6.07) is 4.72. The molecule has 0 bridgehead atoms. The molecular formula is C20H18N4O5S2. The number of esters is 1. The van der Waals surface area contributed by atoms with Gasteiger partial charge in [-0.3, -0.25) is 9.59 Å². The second-order valence-corrected chi connectivity index (χ2v) is 9.07. The van der Waals surface area contributed by atoms with Crippen molar-refractivity contribution in [2.75, 3.05) is 10.6 Å². The van der Waals surface area contributed by atoms with Gasteiger partial charge in [-0.2, -0.15) is 0 Å². The molecule has 4 rings (SSSR count). The van der Waals surface area contributed by atoms with Crippen LogP contribution in [0.3, 0.4) is 0 Å². The molecule has 3 heterocycles. The van der Waals surface area contributed by atoms with Crippen molar-refractivity contribution in [2.45, 2.75) is 33.5 Å². The molecule has 0 atom stereocenters. The molecule has 31 heavy (non-hydrogen) atoms. The van der Waals surface area contributed by atoms with Gasteiger partial charge in [-0.1, -0.05) is 11.3 Å². The van der Waals surface area contributed by atoms with Gasteiger partial charge in [0, 0.05) is 37.9 Å². The predicted octanol–water partition coefficient (Wildman–Crippen LogP) is 4.07. The minimum absolute atomic E-state index is 0.204. The maximum Gasteiger partial charge on any atom is 0.345 e. The first kappa shape index (κ1) is 20.9. The lowest BCUT2D eigenvalue weighted by Crippen LogP contribution is -2.38. The average Bonchev–Trinajstić information content (AvgIpc) is 3.26. The maximum absolute atomic E-state index is 12.7. The molecule has 0 radical (unpaired) electrons. The zero-order chi connectivity index (χ0) is 22.3. The highest BCUT2D eigenvalue weighted by molar-refractivity contribution is 7.19. The number of carbonyl (C=O) groups is 3. The SMILES string of the molecule is CC(=O)Nc1nc(C)c(-c2csc(C(=O)Nc3ccc4c(c3)OC(C)(C)OC4=O)n2)s1. The van der Waals surface area contributed by atoms with E-state index in [0.29, 0.717) is 33.5 Å². The molecule has 1 aliphatic heterocycles. The Morgan fingerprint density at radius 1 is 1.13 bits per heavy atom. The number of amides is 2. The number of aromatic nitrogens is 2. The van der Waals surface area contributed by atoms with Gasteiger partial charge in [-0.25, -0.2) is 14.8 Å². The quantitative estimate of drug-likeness (QED) is 0.566. The van der Waals surface area contributed by atoms with Crippen LogP contribution in [0.25, 0.3) is 10.6 Å². The molecule has 0 aliphatic carbocycles. The summed E-state index contributed by atoms with van der Waals surface area (Å²) >= 11 is 2.49. The van der Waals surface area contributed by atoms with Crippen LogP contribution in [0.4, 0.5) is 10.8 Å². The van der Waals surface area contributed by atoms with Crippen molar-refractivity contribution in [3.8, 4) is 16.3 Å². The summed E-state index contributed by atoms with van der Waals surface area (Å²) < 4.78 is 10.9. The van der Waals surface area contributed by atoms with Crippen LogP contribution in [0, 0.1) is 6.92 Å². The first-order chi connectivity index (χ1) is 14.6. The third-order valence-corrected chi connectivity index (χ3v) is 6.10. The first-order valence-corrected chi connectivity index (χ1v) is 10.9. The van der Waals surface area contributed by atoms with E-state index in [1.165, 1.54) is 29.6 Å². The zero-order valence-electron chi connectivity index (χ0n) is 17.1. The van der Waals surface area contributed by atoms with Gasteiger partial charge >= 0.3 is 5.97 Å². The number of cyclic esters (lactones) is 1. The zero-order valence-corrected chi connectivity index (χ0v) is 18.7. The normalized spacial score (nSPS) is 14.3. The molecule has 3 aromatic rings. The summed E-state index contributed by atoms with van der Waals surface area (Å²) in [6.45, 7) is 6.50. The fraction of sp³-hybridized carbons (Fsp3) is 0.250. The van der Waals surface area contributed by atoms with E-state index in [-0.39, 0.29) is 10.9 Å². The Kier molecular flexibility index (Phi) is 5.23. The van der Waals surface area contributed by atoms with Gasteiger partial charge in [0.25, 0.3) is 5.91 Å². The number of thiazole rings is 2. The van der Waals surface area contributed by atoms with Crippen molar-refractivity contribution in [1.82, 2.24) is 9.97 Å². The summed E-state index contributed by atoms with van der Waals surface area (Å²) in [5, 5.41) is 7.93. The Morgan fingerprint density at radius 2 is 1.90 bits per heavy atom. The summed E-state index contributed by atoms with van der Waals surface area (Å²) in [5.41, 5.74) is 2.09. The second-order valence-electron chi connectivity index (χ2n) is 7.21. The number of carbonyl (C=O) groups excluding carboxylic acids is 3. The molecule has 11 heteroatoms. The number of hydrogen-bond donors (Lipinski definition) is 2. The fourth-order valence-electron chi connectivity index (χ4n) is 2.92. The minimum Gasteiger partial charge on any atom is -0.452 e. The molecule has 2 N–H and O–H groups in total. The van der Waals surface area contributed by atoms with Gasteiger partial charge in [0.05, 0.1) is 16.3 Å². The molecular weight excluding hydrogens is 440 g/mol.